The van der Waals surface area contributed by atoms with E-state index >= 15 is 0 Å². The van der Waals surface area contributed by atoms with Gasteiger partial charge in [0.1, 0.15) is 5.75 Å². The number of methoxy groups -OCH3 is 1. The Hall–Kier alpha value is -2.35. The molecular weight excluding hydrogens is 454 g/mol. The van der Waals surface area contributed by atoms with Gasteiger partial charge < -0.3 is 4.74 Å². The van der Waals surface area contributed by atoms with E-state index in [0.29, 0.717) is 5.75 Å². The average molecular weight is 476 g/mol. The summed E-state index contributed by atoms with van der Waals surface area (Å²) in [5, 5.41) is 0. The van der Waals surface area contributed by atoms with Gasteiger partial charge in [0.05, 0.1) is 34.5 Å². The van der Waals surface area contributed by atoms with Gasteiger partial charge in [-0.15, -0.1) is 0 Å². The number of hydrogen-bond donors (Lipinski definition) is 3. The predicted octanol–water partition coefficient (Wildman–Crippen LogP) is 1.31. The maximum Gasteiger partial charge on any atom is 0.261 e. The van der Waals surface area contributed by atoms with Crippen molar-refractivity contribution in [1.82, 2.24) is 4.72 Å². The largest absolute Gasteiger partial charge is 0.497 e. The molecule has 2 aromatic rings. The molecule has 13 heteroatoms. The lowest BCUT2D eigenvalue weighted by Gasteiger charge is -2.15. The van der Waals surface area contributed by atoms with Crippen LogP contribution in [0.15, 0.2) is 52.3 Å². The summed E-state index contributed by atoms with van der Waals surface area (Å²) in [5.41, 5.74) is -0.0402. The summed E-state index contributed by atoms with van der Waals surface area (Å²) in [6, 6.07) is 8.79. The Bertz CT molecular complexity index is 1250. The summed E-state index contributed by atoms with van der Waals surface area (Å²) in [4.78, 5) is -0.241. The smallest absolute Gasteiger partial charge is 0.261 e. The number of nitrogens with one attached hydrogen (secondary N) is 3. The first-order valence-electron chi connectivity index (χ1n) is 8.71. The average Bonchev–Trinajstić information content (AvgIpc) is 3.45. The summed E-state index contributed by atoms with van der Waals surface area (Å²) < 4.78 is 85.3. The molecule has 0 amide bonds. The fourth-order valence-electron chi connectivity index (χ4n) is 2.51. The summed E-state index contributed by atoms with van der Waals surface area (Å²) >= 11 is 0. The van der Waals surface area contributed by atoms with Crippen molar-refractivity contribution in [3.63, 3.8) is 0 Å². The zero-order valence-electron chi connectivity index (χ0n) is 16.1. The first-order chi connectivity index (χ1) is 13.9. The van der Waals surface area contributed by atoms with Crippen LogP contribution >= 0.6 is 0 Å². The van der Waals surface area contributed by atoms with E-state index in [1.54, 1.807) is 0 Å². The third-order valence-corrected chi connectivity index (χ3v) is 7.62. The maximum atomic E-state index is 12.8. The number of sulfonamides is 3. The van der Waals surface area contributed by atoms with Crippen LogP contribution in [0.1, 0.15) is 12.8 Å². The van der Waals surface area contributed by atoms with Gasteiger partial charge in [0, 0.05) is 12.1 Å². The molecule has 0 bridgehead atoms. The Labute approximate surface area is 175 Å². The van der Waals surface area contributed by atoms with E-state index in [-0.39, 0.29) is 27.2 Å². The van der Waals surface area contributed by atoms with Crippen LogP contribution in [0.2, 0.25) is 0 Å². The van der Waals surface area contributed by atoms with Gasteiger partial charge >= 0.3 is 0 Å². The van der Waals surface area contributed by atoms with Gasteiger partial charge in [-0.1, -0.05) is 0 Å². The van der Waals surface area contributed by atoms with E-state index in [4.69, 9.17) is 4.74 Å². The van der Waals surface area contributed by atoms with E-state index in [1.165, 1.54) is 37.4 Å². The molecule has 0 spiro atoms. The second-order valence-corrected chi connectivity index (χ2v) is 11.9. The van der Waals surface area contributed by atoms with Crippen LogP contribution in [0.3, 0.4) is 0 Å². The van der Waals surface area contributed by atoms with Crippen molar-refractivity contribution in [2.45, 2.75) is 28.7 Å². The summed E-state index contributed by atoms with van der Waals surface area (Å²) in [5.74, 6) is 0.305. The topological polar surface area (TPSA) is 148 Å². The number of anilines is 2. The minimum Gasteiger partial charge on any atom is -0.497 e. The van der Waals surface area contributed by atoms with Crippen LogP contribution < -0.4 is 18.9 Å². The van der Waals surface area contributed by atoms with Gasteiger partial charge in [-0.2, -0.15) is 0 Å². The number of ether oxygens (including phenoxy) is 1. The van der Waals surface area contributed by atoms with E-state index in [9.17, 15) is 25.3 Å². The van der Waals surface area contributed by atoms with Gasteiger partial charge in [0.2, 0.25) is 20.0 Å². The molecule has 0 aromatic heterocycles. The zero-order chi connectivity index (χ0) is 22.2. The van der Waals surface area contributed by atoms with Crippen molar-refractivity contribution >= 4 is 41.4 Å². The molecule has 30 heavy (non-hydrogen) atoms. The summed E-state index contributed by atoms with van der Waals surface area (Å²) in [6.45, 7) is 0. The predicted molar refractivity (Wildman–Crippen MR) is 112 cm³/mol. The monoisotopic (exact) mass is 475 g/mol. The Morgan fingerprint density at radius 3 is 1.87 bits per heavy atom. The Kier molecular flexibility index (Phi) is 6.00. The molecule has 2 aromatic carbocycles. The second-order valence-electron chi connectivity index (χ2n) is 6.76. The van der Waals surface area contributed by atoms with E-state index < -0.39 is 30.1 Å². The maximum absolute atomic E-state index is 12.8. The van der Waals surface area contributed by atoms with Crippen molar-refractivity contribution in [3.8, 4) is 5.75 Å². The van der Waals surface area contributed by atoms with E-state index in [1.807, 2.05) is 0 Å². The highest BCUT2D eigenvalue weighted by Crippen LogP contribution is 2.30. The normalized spacial score (nSPS) is 14.9. The third kappa shape index (κ3) is 5.62. The van der Waals surface area contributed by atoms with Crippen LogP contribution in [0.5, 0.6) is 5.75 Å². The number of benzene rings is 2. The molecule has 3 N–H and O–H groups in total. The molecule has 1 aliphatic carbocycles. The molecule has 3 rings (SSSR count). The Morgan fingerprint density at radius 2 is 1.37 bits per heavy atom. The lowest BCUT2D eigenvalue weighted by molar-refractivity contribution is 0.415. The minimum atomic E-state index is -4.14. The van der Waals surface area contributed by atoms with E-state index in [2.05, 4.69) is 14.2 Å². The van der Waals surface area contributed by atoms with Crippen molar-refractivity contribution < 1.29 is 30.0 Å². The molecule has 164 valence electrons. The molecule has 10 nitrogen and oxygen atoms in total. The standard InChI is InChI=1S/C17H21N3O7S3/c1-27-13-5-10-16(19-28(2,21)22)17(11-13)20-30(25,26)15-8-6-14(7-9-15)29(23,24)18-12-3-4-12/h5-12,18-20H,3-4H2,1-2H3. The molecule has 0 atom stereocenters. The van der Waals surface area contributed by atoms with Crippen molar-refractivity contribution in [1.29, 1.82) is 0 Å². The molecule has 1 aliphatic rings. The molecule has 0 heterocycles. The number of hydrogen-bond acceptors (Lipinski definition) is 7. The molecule has 0 unspecified atom stereocenters. The van der Waals surface area contributed by atoms with Crippen LogP contribution in [0, 0.1) is 0 Å². The first-order valence-corrected chi connectivity index (χ1v) is 13.6. The molecule has 0 aliphatic heterocycles. The third-order valence-electron chi connectivity index (χ3n) is 4.11. The highest BCUT2D eigenvalue weighted by molar-refractivity contribution is 7.93. The van der Waals surface area contributed by atoms with Gasteiger partial charge in [-0.3, -0.25) is 9.44 Å². The summed E-state index contributed by atoms with van der Waals surface area (Å²) in [7, 11) is -10.1. The minimum absolute atomic E-state index is 0.00899. The fraction of sp³-hybridized carbons (Fsp3) is 0.294. The second kappa shape index (κ2) is 8.06. The van der Waals surface area contributed by atoms with Gasteiger partial charge in [0.15, 0.2) is 0 Å². The van der Waals surface area contributed by atoms with Gasteiger partial charge in [0.25, 0.3) is 10.0 Å². The molecule has 1 saturated carbocycles. The van der Waals surface area contributed by atoms with E-state index in [0.717, 1.165) is 31.2 Å². The highest BCUT2D eigenvalue weighted by atomic mass is 32.2. The van der Waals surface area contributed by atoms with Gasteiger partial charge in [-0.25, -0.2) is 30.0 Å². The number of rotatable bonds is 9. The highest BCUT2D eigenvalue weighted by Gasteiger charge is 2.28. The van der Waals surface area contributed by atoms with Gasteiger partial charge in [-0.05, 0) is 49.2 Å². The lowest BCUT2D eigenvalue weighted by atomic mass is 10.2. The zero-order valence-corrected chi connectivity index (χ0v) is 18.6. The fourth-order valence-corrected chi connectivity index (χ4v) is 5.47. The molecule has 0 radical (unpaired) electrons. The van der Waals surface area contributed by atoms with Crippen molar-refractivity contribution in [3.05, 3.63) is 42.5 Å². The van der Waals surface area contributed by atoms with Crippen molar-refractivity contribution in [2.24, 2.45) is 0 Å². The van der Waals surface area contributed by atoms with Crippen LogP contribution in [0.25, 0.3) is 0 Å². The lowest BCUT2D eigenvalue weighted by Crippen LogP contribution is -2.25. The quantitative estimate of drug-likeness (QED) is 0.495. The van der Waals surface area contributed by atoms with Crippen LogP contribution in [-0.4, -0.2) is 44.7 Å². The van der Waals surface area contributed by atoms with Crippen LogP contribution in [0.4, 0.5) is 11.4 Å². The molecule has 1 fully saturated rings. The van der Waals surface area contributed by atoms with Crippen molar-refractivity contribution in [2.75, 3.05) is 22.8 Å². The Balaban J connectivity index is 1.89. The molecule has 0 saturated heterocycles. The Morgan fingerprint density at radius 1 is 0.800 bits per heavy atom. The SMILES string of the molecule is COc1ccc(NS(C)(=O)=O)c(NS(=O)(=O)c2ccc(S(=O)(=O)NC3CC3)cc2)c1. The molecular formula is C17H21N3O7S3. The first kappa shape index (κ1) is 22.3. The van der Waals surface area contributed by atoms with Crippen LogP contribution in [-0.2, 0) is 30.1 Å². The summed E-state index contributed by atoms with van der Waals surface area (Å²) in [6.07, 6.45) is 2.49.